The maximum Gasteiger partial charge on any atom is 0.269 e. The van der Waals surface area contributed by atoms with E-state index in [9.17, 15) is 24.5 Å². The van der Waals surface area contributed by atoms with Gasteiger partial charge in [0.1, 0.15) is 10.9 Å². The molecule has 1 aliphatic heterocycles. The number of nitrogens with one attached hydrogen (secondary N) is 2. The number of methoxy groups -OCH3 is 2. The number of thiocarbonyl (C=S) groups is 1. The Bertz CT molecular complexity index is 1200. The Balaban J connectivity index is 1.60. The zero-order valence-corrected chi connectivity index (χ0v) is 19.5. The number of nitro benzene ring substituents is 1. The van der Waals surface area contributed by atoms with Crippen LogP contribution in [0, 0.1) is 10.1 Å². The quantitative estimate of drug-likeness (QED) is 0.252. The van der Waals surface area contributed by atoms with Gasteiger partial charge in [0.2, 0.25) is 0 Å². The highest BCUT2D eigenvalue weighted by Crippen LogP contribution is 2.34. The van der Waals surface area contributed by atoms with Crippen LogP contribution in [0.15, 0.2) is 47.4 Å². The third-order valence-electron chi connectivity index (χ3n) is 4.54. The van der Waals surface area contributed by atoms with Crippen LogP contribution in [-0.2, 0) is 9.59 Å². The molecule has 0 radical (unpaired) electrons. The van der Waals surface area contributed by atoms with Crippen LogP contribution in [0.5, 0.6) is 11.5 Å². The summed E-state index contributed by atoms with van der Waals surface area (Å²) < 4.78 is 10.6. The zero-order chi connectivity index (χ0) is 24.8. The largest absolute Gasteiger partial charge is 0.493 e. The van der Waals surface area contributed by atoms with E-state index in [0.29, 0.717) is 22.0 Å². The first kappa shape index (κ1) is 24.7. The van der Waals surface area contributed by atoms with Crippen molar-refractivity contribution in [1.29, 1.82) is 0 Å². The van der Waals surface area contributed by atoms with Gasteiger partial charge in [-0.25, -0.2) is 0 Å². The fourth-order valence-corrected chi connectivity index (χ4v) is 4.10. The molecule has 0 aliphatic carbocycles. The van der Waals surface area contributed by atoms with Crippen LogP contribution in [0.4, 0.5) is 5.69 Å². The summed E-state index contributed by atoms with van der Waals surface area (Å²) in [6.45, 7) is -0.408. The van der Waals surface area contributed by atoms with Crippen molar-refractivity contribution in [2.45, 2.75) is 0 Å². The van der Waals surface area contributed by atoms with E-state index in [1.807, 2.05) is 0 Å². The lowest BCUT2D eigenvalue weighted by Crippen LogP contribution is -2.47. The van der Waals surface area contributed by atoms with E-state index in [-0.39, 0.29) is 15.6 Å². The first-order valence-corrected chi connectivity index (χ1v) is 10.8. The molecular formula is C21H18N4O7S2. The highest BCUT2D eigenvalue weighted by Gasteiger charge is 2.33. The van der Waals surface area contributed by atoms with Gasteiger partial charge in [-0.15, -0.1) is 0 Å². The number of non-ortho nitro benzene ring substituents is 1. The SMILES string of the molecule is COc1ccc(/C=C2\SC(=S)N(CC(=O)NNC(=O)c3ccc([N+](=O)[O-])cc3)C2=O)cc1OC. The number of thioether (sulfide) groups is 1. The molecule has 0 saturated carbocycles. The molecule has 3 amide bonds. The van der Waals surface area contributed by atoms with E-state index in [0.717, 1.165) is 16.7 Å². The van der Waals surface area contributed by atoms with Gasteiger partial charge in [-0.2, -0.15) is 0 Å². The standard InChI is InChI=1S/C21H18N4O7S2/c1-31-15-8-3-12(9-16(15)32-2)10-17-20(28)24(21(33)34-17)11-18(26)22-23-19(27)13-4-6-14(7-5-13)25(29)30/h3-10H,11H2,1-2H3,(H,22,26)(H,23,27)/b17-10-. The average Bonchev–Trinajstić information content (AvgIpc) is 3.09. The van der Waals surface area contributed by atoms with Crippen molar-refractivity contribution in [2.75, 3.05) is 20.8 Å². The van der Waals surface area contributed by atoms with Gasteiger partial charge >= 0.3 is 0 Å². The Hall–Kier alpha value is -3.97. The van der Waals surface area contributed by atoms with Gasteiger partial charge in [0, 0.05) is 17.7 Å². The van der Waals surface area contributed by atoms with Crippen molar-refractivity contribution in [3.63, 3.8) is 0 Å². The van der Waals surface area contributed by atoms with Crippen molar-refractivity contribution in [3.8, 4) is 11.5 Å². The molecule has 1 aliphatic rings. The topological polar surface area (TPSA) is 140 Å². The van der Waals surface area contributed by atoms with Gasteiger partial charge in [-0.3, -0.25) is 40.2 Å². The van der Waals surface area contributed by atoms with E-state index in [1.165, 1.54) is 38.5 Å². The number of hydrogen-bond acceptors (Lipinski definition) is 9. The van der Waals surface area contributed by atoms with Gasteiger partial charge < -0.3 is 9.47 Å². The number of benzene rings is 2. The third-order valence-corrected chi connectivity index (χ3v) is 5.91. The molecule has 176 valence electrons. The van der Waals surface area contributed by atoms with Gasteiger partial charge in [0.15, 0.2) is 11.5 Å². The second kappa shape index (κ2) is 10.8. The predicted molar refractivity (Wildman–Crippen MR) is 128 cm³/mol. The summed E-state index contributed by atoms with van der Waals surface area (Å²) in [5.41, 5.74) is 5.00. The maximum atomic E-state index is 12.8. The number of nitro groups is 1. The molecular weight excluding hydrogens is 484 g/mol. The fourth-order valence-electron chi connectivity index (χ4n) is 2.85. The van der Waals surface area contributed by atoms with E-state index in [1.54, 1.807) is 24.3 Å². The summed E-state index contributed by atoms with van der Waals surface area (Å²) in [5, 5.41) is 10.7. The Morgan fingerprint density at radius 3 is 2.41 bits per heavy atom. The monoisotopic (exact) mass is 502 g/mol. The van der Waals surface area contributed by atoms with Gasteiger partial charge in [0.05, 0.1) is 24.0 Å². The lowest BCUT2D eigenvalue weighted by Gasteiger charge is -2.14. The van der Waals surface area contributed by atoms with Gasteiger partial charge in [-0.1, -0.05) is 30.0 Å². The molecule has 2 N–H and O–H groups in total. The van der Waals surface area contributed by atoms with Gasteiger partial charge in [0.25, 0.3) is 23.4 Å². The number of rotatable bonds is 7. The van der Waals surface area contributed by atoms with E-state index in [2.05, 4.69) is 10.9 Å². The van der Waals surface area contributed by atoms with Crippen molar-refractivity contribution >= 4 is 57.8 Å². The summed E-state index contributed by atoms with van der Waals surface area (Å²) in [4.78, 5) is 48.6. The van der Waals surface area contributed by atoms with Crippen LogP contribution in [0.25, 0.3) is 6.08 Å². The Labute approximate surface area is 203 Å². The molecule has 0 atom stereocenters. The number of amides is 3. The van der Waals surface area contributed by atoms with Crippen molar-refractivity contribution in [2.24, 2.45) is 0 Å². The molecule has 34 heavy (non-hydrogen) atoms. The smallest absolute Gasteiger partial charge is 0.269 e. The van der Waals surface area contributed by atoms with E-state index < -0.39 is 29.2 Å². The first-order valence-electron chi connectivity index (χ1n) is 9.54. The van der Waals surface area contributed by atoms with Crippen molar-refractivity contribution in [3.05, 3.63) is 68.6 Å². The van der Waals surface area contributed by atoms with Gasteiger partial charge in [-0.05, 0) is 35.9 Å². The van der Waals surface area contributed by atoms with Crippen LogP contribution in [0.3, 0.4) is 0 Å². The van der Waals surface area contributed by atoms with Crippen molar-refractivity contribution < 1.29 is 28.8 Å². The third kappa shape index (κ3) is 5.68. The number of carbonyl (C=O) groups excluding carboxylic acids is 3. The van der Waals surface area contributed by atoms with Crippen LogP contribution in [0.1, 0.15) is 15.9 Å². The van der Waals surface area contributed by atoms with Crippen LogP contribution < -0.4 is 20.3 Å². The van der Waals surface area contributed by atoms with Crippen LogP contribution in [-0.4, -0.2) is 52.6 Å². The minimum Gasteiger partial charge on any atom is -0.493 e. The minimum absolute atomic E-state index is 0.106. The first-order chi connectivity index (χ1) is 16.2. The number of ether oxygens (including phenoxy) is 2. The molecule has 1 heterocycles. The summed E-state index contributed by atoms with van der Waals surface area (Å²) in [6.07, 6.45) is 1.62. The van der Waals surface area contributed by atoms with Crippen LogP contribution >= 0.6 is 24.0 Å². The predicted octanol–water partition coefficient (Wildman–Crippen LogP) is 2.27. The summed E-state index contributed by atoms with van der Waals surface area (Å²) >= 11 is 6.26. The molecule has 0 unspecified atom stereocenters. The molecule has 11 nitrogen and oxygen atoms in total. The van der Waals surface area contributed by atoms with Crippen LogP contribution in [0.2, 0.25) is 0 Å². The molecule has 0 aromatic heterocycles. The second-order valence-corrected chi connectivity index (χ2v) is 8.36. The van der Waals surface area contributed by atoms with Crippen molar-refractivity contribution in [1.82, 2.24) is 15.8 Å². The lowest BCUT2D eigenvalue weighted by molar-refractivity contribution is -0.384. The number of carbonyl (C=O) groups is 3. The molecule has 1 saturated heterocycles. The zero-order valence-electron chi connectivity index (χ0n) is 17.9. The molecule has 2 aromatic rings. The molecule has 2 aromatic carbocycles. The number of hydrazine groups is 1. The maximum absolute atomic E-state index is 12.8. The Morgan fingerprint density at radius 2 is 1.79 bits per heavy atom. The normalized spacial score (nSPS) is 14.2. The summed E-state index contributed by atoms with van der Waals surface area (Å²) in [5.74, 6) is -0.781. The average molecular weight is 503 g/mol. The summed E-state index contributed by atoms with van der Waals surface area (Å²) in [6, 6.07) is 9.98. The molecule has 0 bridgehead atoms. The number of hydrogen-bond donors (Lipinski definition) is 2. The number of nitrogens with zero attached hydrogens (tertiary/aromatic N) is 2. The lowest BCUT2D eigenvalue weighted by atomic mass is 10.2. The highest BCUT2D eigenvalue weighted by molar-refractivity contribution is 8.26. The molecule has 0 spiro atoms. The molecule has 1 fully saturated rings. The highest BCUT2D eigenvalue weighted by atomic mass is 32.2. The Morgan fingerprint density at radius 1 is 1.12 bits per heavy atom. The minimum atomic E-state index is -0.682. The van der Waals surface area contributed by atoms with E-state index >= 15 is 0 Å². The second-order valence-electron chi connectivity index (χ2n) is 6.69. The fraction of sp³-hybridized carbons (Fsp3) is 0.143. The molecule has 13 heteroatoms. The van der Waals surface area contributed by atoms with E-state index in [4.69, 9.17) is 21.7 Å². The summed E-state index contributed by atoms with van der Waals surface area (Å²) in [7, 11) is 3.02. The molecule has 3 rings (SSSR count). The Kier molecular flexibility index (Phi) is 7.81.